The first-order valence-corrected chi connectivity index (χ1v) is 9.65. The van der Waals surface area contributed by atoms with E-state index >= 15 is 0 Å². The van der Waals surface area contributed by atoms with Crippen molar-refractivity contribution in [1.82, 2.24) is 19.3 Å². The number of aliphatic hydroxyl groups is 1. The van der Waals surface area contributed by atoms with E-state index in [0.29, 0.717) is 31.4 Å². The predicted molar refractivity (Wildman–Crippen MR) is 97.7 cm³/mol. The van der Waals surface area contributed by atoms with Crippen LogP contribution in [0.4, 0.5) is 10.7 Å². The molecule has 2 fully saturated rings. The van der Waals surface area contributed by atoms with Gasteiger partial charge < -0.3 is 10.0 Å². The number of aromatic nitrogens is 2. The third kappa shape index (κ3) is 2.94. The van der Waals surface area contributed by atoms with Crippen LogP contribution in [0, 0.1) is 6.92 Å². The van der Waals surface area contributed by atoms with E-state index in [1.807, 2.05) is 22.3 Å². The van der Waals surface area contributed by atoms with Crippen LogP contribution >= 0.6 is 0 Å². The van der Waals surface area contributed by atoms with Crippen molar-refractivity contribution >= 4 is 23.7 Å². The quantitative estimate of drug-likeness (QED) is 0.737. The molecule has 0 bridgehead atoms. The lowest BCUT2D eigenvalue weighted by molar-refractivity contribution is -0.677. The van der Waals surface area contributed by atoms with Gasteiger partial charge in [-0.2, -0.15) is 0 Å². The molecule has 4 heterocycles. The monoisotopic (exact) mass is 375 g/mol. The van der Waals surface area contributed by atoms with E-state index in [9.17, 15) is 14.7 Å². The minimum Gasteiger partial charge on any atom is -0.393 e. The SMILES string of the molecule is Cc1c[n+]2c(n1CCO)N=C1C2C(=O)N(CCN2CCCCC2)C(=O)N1C. The van der Waals surface area contributed by atoms with Crippen molar-refractivity contribution in [1.29, 1.82) is 0 Å². The van der Waals surface area contributed by atoms with Gasteiger partial charge in [-0.05, 0) is 32.9 Å². The number of aliphatic imine (C=N–C) groups is 1. The number of amides is 3. The first-order chi connectivity index (χ1) is 13.0. The number of fused-ring (bicyclic) bond motifs is 3. The van der Waals surface area contributed by atoms with Gasteiger partial charge in [0.25, 0.3) is 5.91 Å². The molecule has 1 aromatic rings. The number of imidazole rings is 1. The molecule has 3 aliphatic rings. The predicted octanol–water partition coefficient (Wildman–Crippen LogP) is 0.0409. The molecule has 146 valence electrons. The minimum atomic E-state index is -0.609. The van der Waals surface area contributed by atoms with Gasteiger partial charge in [0.1, 0.15) is 11.9 Å². The number of carbonyl (C=O) groups excluding carboxylic acids is 2. The van der Waals surface area contributed by atoms with Crippen LogP contribution in [0.1, 0.15) is 31.0 Å². The van der Waals surface area contributed by atoms with Gasteiger partial charge in [-0.15, -0.1) is 0 Å². The van der Waals surface area contributed by atoms with Crippen LogP contribution in [0.3, 0.4) is 0 Å². The Morgan fingerprint density at radius 3 is 2.63 bits per heavy atom. The first kappa shape index (κ1) is 18.1. The van der Waals surface area contributed by atoms with Crippen molar-refractivity contribution in [3.05, 3.63) is 11.9 Å². The van der Waals surface area contributed by atoms with Gasteiger partial charge in [0.2, 0.25) is 11.9 Å². The second-order valence-corrected chi connectivity index (χ2v) is 7.46. The van der Waals surface area contributed by atoms with Gasteiger partial charge in [0.05, 0.1) is 13.2 Å². The molecule has 27 heavy (non-hydrogen) atoms. The minimum absolute atomic E-state index is 0.0112. The van der Waals surface area contributed by atoms with Crippen molar-refractivity contribution in [2.45, 2.75) is 38.8 Å². The topological polar surface area (TPSA) is 85.3 Å². The summed E-state index contributed by atoms with van der Waals surface area (Å²) in [4.78, 5) is 35.7. The number of rotatable bonds is 5. The van der Waals surface area contributed by atoms with Crippen molar-refractivity contribution < 1.29 is 19.3 Å². The second-order valence-electron chi connectivity index (χ2n) is 7.46. The summed E-state index contributed by atoms with van der Waals surface area (Å²) in [5.74, 6) is 0.840. The van der Waals surface area contributed by atoms with E-state index in [1.54, 1.807) is 7.05 Å². The number of carbonyl (C=O) groups is 2. The van der Waals surface area contributed by atoms with Crippen LogP contribution in [0.2, 0.25) is 0 Å². The highest BCUT2D eigenvalue weighted by Gasteiger charge is 2.53. The van der Waals surface area contributed by atoms with Gasteiger partial charge in [0, 0.05) is 20.1 Å². The highest BCUT2D eigenvalue weighted by Crippen LogP contribution is 2.29. The third-order valence-electron chi connectivity index (χ3n) is 5.73. The molecule has 0 saturated carbocycles. The van der Waals surface area contributed by atoms with Crippen LogP contribution in [-0.4, -0.2) is 82.0 Å². The summed E-state index contributed by atoms with van der Waals surface area (Å²) in [6, 6.07) is -0.925. The zero-order chi connectivity index (χ0) is 19.1. The Bertz CT molecular complexity index is 795. The van der Waals surface area contributed by atoms with Crippen molar-refractivity contribution in [2.24, 2.45) is 4.99 Å². The average molecular weight is 375 g/mol. The lowest BCUT2D eigenvalue weighted by Crippen LogP contribution is -2.63. The fraction of sp³-hybridized carbons (Fsp3) is 0.667. The number of piperidine rings is 1. The number of amidine groups is 1. The van der Waals surface area contributed by atoms with E-state index in [4.69, 9.17) is 0 Å². The Morgan fingerprint density at radius 1 is 1.19 bits per heavy atom. The zero-order valence-electron chi connectivity index (χ0n) is 16.0. The summed E-state index contributed by atoms with van der Waals surface area (Å²) >= 11 is 0. The fourth-order valence-corrected chi connectivity index (χ4v) is 4.24. The first-order valence-electron chi connectivity index (χ1n) is 9.65. The average Bonchev–Trinajstić information content (AvgIpc) is 3.17. The number of aryl methyl sites for hydroxylation is 1. The molecule has 0 aliphatic carbocycles. The van der Waals surface area contributed by atoms with Gasteiger partial charge >= 0.3 is 12.0 Å². The highest BCUT2D eigenvalue weighted by atomic mass is 16.3. The Hall–Kier alpha value is -2.26. The maximum atomic E-state index is 13.2. The maximum absolute atomic E-state index is 13.2. The molecular weight excluding hydrogens is 348 g/mol. The van der Waals surface area contributed by atoms with Crippen LogP contribution in [0.25, 0.3) is 0 Å². The molecular formula is C18H27N6O3+. The molecule has 1 atom stereocenters. The summed E-state index contributed by atoms with van der Waals surface area (Å²) in [6.45, 7) is 5.50. The van der Waals surface area contributed by atoms with E-state index in [0.717, 1.165) is 18.8 Å². The Kier molecular flexibility index (Phi) is 4.73. The molecule has 1 N–H and O–H groups in total. The lowest BCUT2D eigenvalue weighted by atomic mass is 10.1. The van der Waals surface area contributed by atoms with Gasteiger partial charge in [-0.1, -0.05) is 11.4 Å². The molecule has 9 nitrogen and oxygen atoms in total. The van der Waals surface area contributed by atoms with E-state index in [1.165, 1.54) is 29.1 Å². The molecule has 9 heteroatoms. The summed E-state index contributed by atoms with van der Waals surface area (Å²) in [5.41, 5.74) is 0.925. The zero-order valence-corrected chi connectivity index (χ0v) is 16.0. The van der Waals surface area contributed by atoms with Crippen LogP contribution in [0.5, 0.6) is 0 Å². The summed E-state index contributed by atoms with van der Waals surface area (Å²) < 4.78 is 3.69. The molecule has 4 rings (SSSR count). The third-order valence-corrected chi connectivity index (χ3v) is 5.73. The maximum Gasteiger partial charge on any atom is 0.402 e. The largest absolute Gasteiger partial charge is 0.402 e. The van der Waals surface area contributed by atoms with E-state index in [2.05, 4.69) is 9.89 Å². The number of urea groups is 1. The fourth-order valence-electron chi connectivity index (χ4n) is 4.24. The van der Waals surface area contributed by atoms with Crippen LogP contribution in [0.15, 0.2) is 11.2 Å². The molecule has 2 saturated heterocycles. The van der Waals surface area contributed by atoms with Gasteiger partial charge in [-0.25, -0.2) is 13.9 Å². The van der Waals surface area contributed by atoms with E-state index in [-0.39, 0.29) is 18.5 Å². The number of nitrogens with zero attached hydrogens (tertiary/aromatic N) is 6. The second kappa shape index (κ2) is 7.05. The molecule has 0 spiro atoms. The number of imide groups is 1. The highest BCUT2D eigenvalue weighted by molar-refractivity contribution is 6.19. The Labute approximate surface area is 158 Å². The lowest BCUT2D eigenvalue weighted by Gasteiger charge is -2.35. The smallest absolute Gasteiger partial charge is 0.393 e. The standard InChI is InChI=1S/C18H27N6O3/c1-13-12-24-14-15(19-17(24)22(13)10-11-25)20(2)18(27)23(16(14)26)9-8-21-6-4-3-5-7-21/h12,14,25H,3-11H2,1-2H3/q+1. The summed E-state index contributed by atoms with van der Waals surface area (Å²) in [6.07, 6.45) is 5.49. The number of hydrogen-bond donors (Lipinski definition) is 1. The van der Waals surface area contributed by atoms with Crippen LogP contribution < -0.4 is 4.57 Å². The van der Waals surface area contributed by atoms with Crippen molar-refractivity contribution in [3.63, 3.8) is 0 Å². The summed E-state index contributed by atoms with van der Waals surface area (Å²) in [5, 5.41) is 9.31. The molecule has 0 radical (unpaired) electrons. The van der Waals surface area contributed by atoms with Crippen molar-refractivity contribution in [2.75, 3.05) is 39.8 Å². The number of likely N-dealkylation sites (N-methyl/N-ethyl adjacent to an activating group) is 1. The molecule has 3 aliphatic heterocycles. The molecule has 3 amide bonds. The number of likely N-dealkylation sites (tertiary alicyclic amines) is 1. The normalized spacial score (nSPS) is 22.9. The van der Waals surface area contributed by atoms with E-state index < -0.39 is 6.04 Å². The summed E-state index contributed by atoms with van der Waals surface area (Å²) in [7, 11) is 1.67. The Balaban J connectivity index is 1.58. The number of aliphatic hydroxyl groups excluding tert-OH is 1. The molecule has 1 unspecified atom stereocenters. The molecule has 1 aromatic heterocycles. The van der Waals surface area contributed by atoms with Crippen LogP contribution in [-0.2, 0) is 11.3 Å². The molecule has 0 aromatic carbocycles. The number of hydrogen-bond acceptors (Lipinski definition) is 5. The van der Waals surface area contributed by atoms with Gasteiger partial charge in [0.15, 0.2) is 0 Å². The van der Waals surface area contributed by atoms with Crippen molar-refractivity contribution in [3.8, 4) is 0 Å². The Morgan fingerprint density at radius 2 is 1.93 bits per heavy atom. The van der Waals surface area contributed by atoms with Gasteiger partial charge in [-0.3, -0.25) is 14.6 Å².